The Morgan fingerprint density at radius 3 is 2.53 bits per heavy atom. The summed E-state index contributed by atoms with van der Waals surface area (Å²) < 4.78 is 44.4. The van der Waals surface area contributed by atoms with Gasteiger partial charge in [-0.05, 0) is 29.8 Å². The third kappa shape index (κ3) is 5.30. The highest BCUT2D eigenvalue weighted by molar-refractivity contribution is 6.43. The molecule has 0 aliphatic carbocycles. The zero-order chi connectivity index (χ0) is 22.6. The van der Waals surface area contributed by atoms with E-state index in [0.29, 0.717) is 15.2 Å². The highest BCUT2D eigenvalue weighted by atomic mass is 35.5. The van der Waals surface area contributed by atoms with Crippen molar-refractivity contribution >= 4 is 35.2 Å². The quantitative estimate of drug-likeness (QED) is 0.303. The maximum atomic E-state index is 13.0. The minimum Gasteiger partial charge on any atom is -0.366 e. The molecule has 1 heterocycles. The number of carbonyl (C=O) groups excluding carboxylic acids is 1. The van der Waals surface area contributed by atoms with Gasteiger partial charge in [0.1, 0.15) is 17.5 Å². The molecule has 0 radical (unpaired) electrons. The number of nitrogens with one attached hydrogen (secondary N) is 1. The second kappa shape index (κ2) is 9.47. The minimum atomic E-state index is -4.88. The number of benzene rings is 1. The standard InChI is InChI=1S/C17H14Cl2F3N3O5/c1-24-13(17(20,21)22)7-14(26)25(16(24)28)10-3-4-11(18)9(5-10)6-12(19)15(27)30-23-8-29-2/h3-7,23H,8H2,1-2H3. The topological polar surface area (TPSA) is 91.6 Å². The van der Waals surface area contributed by atoms with Gasteiger partial charge in [0, 0.05) is 25.2 Å². The Morgan fingerprint density at radius 1 is 1.27 bits per heavy atom. The van der Waals surface area contributed by atoms with Crippen molar-refractivity contribution in [3.63, 3.8) is 0 Å². The summed E-state index contributed by atoms with van der Waals surface area (Å²) in [7, 11) is 2.24. The van der Waals surface area contributed by atoms with Gasteiger partial charge >= 0.3 is 17.8 Å². The van der Waals surface area contributed by atoms with E-state index in [-0.39, 0.29) is 23.0 Å². The first kappa shape index (κ1) is 23.7. The lowest BCUT2D eigenvalue weighted by Gasteiger charge is -2.14. The summed E-state index contributed by atoms with van der Waals surface area (Å²) in [6.45, 7) is -0.0910. The van der Waals surface area contributed by atoms with E-state index in [4.69, 9.17) is 23.2 Å². The maximum Gasteiger partial charge on any atom is 0.431 e. The van der Waals surface area contributed by atoms with Crippen LogP contribution in [-0.4, -0.2) is 28.9 Å². The second-order valence-corrected chi connectivity index (χ2v) is 6.52. The Hall–Kier alpha value is -2.60. The molecular formula is C17H14Cl2F3N3O5. The lowest BCUT2D eigenvalue weighted by molar-refractivity contribution is -0.149. The van der Waals surface area contributed by atoms with E-state index in [1.807, 2.05) is 0 Å². The number of hydroxylamine groups is 1. The fourth-order valence-electron chi connectivity index (χ4n) is 2.31. The van der Waals surface area contributed by atoms with Gasteiger partial charge < -0.3 is 9.57 Å². The smallest absolute Gasteiger partial charge is 0.366 e. The van der Waals surface area contributed by atoms with Crippen molar-refractivity contribution in [2.45, 2.75) is 6.18 Å². The van der Waals surface area contributed by atoms with Gasteiger partial charge in [-0.25, -0.2) is 14.2 Å². The normalized spacial score (nSPS) is 12.2. The van der Waals surface area contributed by atoms with E-state index < -0.39 is 34.1 Å². The number of nitrogens with zero attached hydrogens (tertiary/aromatic N) is 2. The van der Waals surface area contributed by atoms with Crippen LogP contribution in [0.15, 0.2) is 38.9 Å². The predicted molar refractivity (Wildman–Crippen MR) is 102 cm³/mol. The van der Waals surface area contributed by atoms with Crippen LogP contribution in [0.2, 0.25) is 5.02 Å². The number of methoxy groups -OCH3 is 1. The average Bonchev–Trinajstić information content (AvgIpc) is 2.66. The summed E-state index contributed by atoms with van der Waals surface area (Å²) in [6.07, 6.45) is -3.78. The molecule has 2 rings (SSSR count). The van der Waals surface area contributed by atoms with Crippen LogP contribution in [0, 0.1) is 0 Å². The van der Waals surface area contributed by atoms with Crippen LogP contribution in [-0.2, 0) is 27.6 Å². The van der Waals surface area contributed by atoms with Crippen LogP contribution in [0.1, 0.15) is 11.3 Å². The van der Waals surface area contributed by atoms with Gasteiger partial charge in [-0.15, -0.1) is 5.48 Å². The molecule has 8 nitrogen and oxygen atoms in total. The van der Waals surface area contributed by atoms with E-state index in [9.17, 15) is 27.6 Å². The maximum absolute atomic E-state index is 13.0. The van der Waals surface area contributed by atoms with Crippen molar-refractivity contribution in [2.24, 2.45) is 7.05 Å². The van der Waals surface area contributed by atoms with Crippen molar-refractivity contribution in [3.05, 3.63) is 66.4 Å². The molecule has 2 aromatic rings. The number of aromatic nitrogens is 2. The van der Waals surface area contributed by atoms with Crippen molar-refractivity contribution in [2.75, 3.05) is 13.8 Å². The molecule has 0 fully saturated rings. The van der Waals surface area contributed by atoms with Crippen molar-refractivity contribution in [1.29, 1.82) is 0 Å². The Balaban J connectivity index is 2.51. The van der Waals surface area contributed by atoms with Gasteiger partial charge in [-0.2, -0.15) is 13.2 Å². The fourth-order valence-corrected chi connectivity index (χ4v) is 2.64. The zero-order valence-corrected chi connectivity index (χ0v) is 16.9. The molecular weight excluding hydrogens is 454 g/mol. The molecule has 1 aromatic carbocycles. The van der Waals surface area contributed by atoms with Gasteiger partial charge in [0.15, 0.2) is 0 Å². The van der Waals surface area contributed by atoms with Crippen LogP contribution < -0.4 is 16.7 Å². The fraction of sp³-hybridized carbons (Fsp3) is 0.235. The molecule has 1 aromatic heterocycles. The van der Waals surface area contributed by atoms with Gasteiger partial charge in [0.05, 0.1) is 5.69 Å². The summed E-state index contributed by atoms with van der Waals surface area (Å²) in [5.74, 6) is -0.974. The van der Waals surface area contributed by atoms with E-state index in [2.05, 4.69) is 15.1 Å². The number of hydrogen-bond donors (Lipinski definition) is 1. The highest BCUT2D eigenvalue weighted by Gasteiger charge is 2.35. The van der Waals surface area contributed by atoms with Crippen molar-refractivity contribution in [3.8, 4) is 5.69 Å². The summed E-state index contributed by atoms with van der Waals surface area (Å²) in [4.78, 5) is 41.0. The molecule has 0 aliphatic heterocycles. The zero-order valence-electron chi connectivity index (χ0n) is 15.4. The van der Waals surface area contributed by atoms with Gasteiger partial charge in [0.2, 0.25) is 0 Å². The van der Waals surface area contributed by atoms with E-state index >= 15 is 0 Å². The van der Waals surface area contributed by atoms with Crippen LogP contribution in [0.4, 0.5) is 13.2 Å². The summed E-state index contributed by atoms with van der Waals surface area (Å²) in [5, 5.41) is -0.323. The number of hydrogen-bond acceptors (Lipinski definition) is 6. The molecule has 162 valence electrons. The number of alkyl halides is 3. The highest BCUT2D eigenvalue weighted by Crippen LogP contribution is 2.27. The van der Waals surface area contributed by atoms with Crippen LogP contribution >= 0.6 is 23.2 Å². The largest absolute Gasteiger partial charge is 0.431 e. The molecule has 0 atom stereocenters. The Morgan fingerprint density at radius 2 is 1.93 bits per heavy atom. The third-order valence-electron chi connectivity index (χ3n) is 3.69. The molecule has 1 N–H and O–H groups in total. The molecule has 0 aliphatic rings. The molecule has 0 saturated heterocycles. The van der Waals surface area contributed by atoms with Crippen molar-refractivity contribution < 1.29 is 27.5 Å². The Bertz CT molecular complexity index is 1110. The first-order chi connectivity index (χ1) is 14.0. The SMILES string of the molecule is COCNOC(=O)C(Cl)=Cc1cc(-n2c(=O)cc(C(F)(F)F)n(C)c2=O)ccc1Cl. The molecule has 0 bridgehead atoms. The van der Waals surface area contributed by atoms with Gasteiger partial charge in [-0.3, -0.25) is 9.36 Å². The van der Waals surface area contributed by atoms with E-state index in [1.54, 1.807) is 0 Å². The Kier molecular flexibility index (Phi) is 7.48. The first-order valence-corrected chi connectivity index (χ1v) is 8.73. The first-order valence-electron chi connectivity index (χ1n) is 7.97. The van der Waals surface area contributed by atoms with Crippen LogP contribution in [0.25, 0.3) is 11.8 Å². The Labute approximate surface area is 177 Å². The number of rotatable bonds is 6. The number of ether oxygens (including phenoxy) is 1. The van der Waals surface area contributed by atoms with Gasteiger partial charge in [-0.1, -0.05) is 23.2 Å². The molecule has 0 spiro atoms. The average molecular weight is 468 g/mol. The second-order valence-electron chi connectivity index (χ2n) is 5.71. The molecule has 0 saturated carbocycles. The van der Waals surface area contributed by atoms with E-state index in [1.165, 1.54) is 25.3 Å². The van der Waals surface area contributed by atoms with Gasteiger partial charge in [0.25, 0.3) is 5.56 Å². The lowest BCUT2D eigenvalue weighted by Crippen LogP contribution is -2.40. The van der Waals surface area contributed by atoms with Crippen LogP contribution in [0.3, 0.4) is 0 Å². The summed E-state index contributed by atoms with van der Waals surface area (Å²) >= 11 is 11.9. The monoisotopic (exact) mass is 467 g/mol. The summed E-state index contributed by atoms with van der Waals surface area (Å²) in [5.41, 5.74) is -1.60. The molecule has 13 heteroatoms. The predicted octanol–water partition coefficient (Wildman–Crippen LogP) is 2.44. The van der Waals surface area contributed by atoms with E-state index in [0.717, 1.165) is 13.1 Å². The number of carbonyl (C=O) groups is 1. The lowest BCUT2D eigenvalue weighted by atomic mass is 10.1. The summed E-state index contributed by atoms with van der Waals surface area (Å²) in [6, 6.07) is 4.04. The van der Waals surface area contributed by atoms with Crippen LogP contribution in [0.5, 0.6) is 0 Å². The molecule has 0 unspecified atom stereocenters. The molecule has 0 amide bonds. The minimum absolute atomic E-state index is 0.0830. The van der Waals surface area contributed by atoms with Crippen molar-refractivity contribution in [1.82, 2.24) is 14.6 Å². The molecule has 30 heavy (non-hydrogen) atoms. The number of halogens is 5. The third-order valence-corrected chi connectivity index (χ3v) is 4.30.